The van der Waals surface area contributed by atoms with Gasteiger partial charge in [0.05, 0.1) is 12.8 Å². The average Bonchev–Trinajstić information content (AvgIpc) is 2.44. The Bertz CT molecular complexity index is 674. The topological polar surface area (TPSA) is 72.3 Å². The SMILES string of the molecule is COc1cccc(CSc2nc(C)nc(C)c2C(=O)O)c1. The number of aromatic carboxylic acids is 1. The molecule has 2 rings (SSSR count). The van der Waals surface area contributed by atoms with Crippen LogP contribution in [-0.2, 0) is 5.75 Å². The smallest absolute Gasteiger partial charge is 0.340 e. The summed E-state index contributed by atoms with van der Waals surface area (Å²) in [4.78, 5) is 19.7. The lowest BCUT2D eigenvalue weighted by Crippen LogP contribution is -2.08. The first-order chi connectivity index (χ1) is 10.0. The van der Waals surface area contributed by atoms with E-state index >= 15 is 0 Å². The van der Waals surface area contributed by atoms with Gasteiger partial charge in [-0.1, -0.05) is 12.1 Å². The van der Waals surface area contributed by atoms with Crippen LogP contribution >= 0.6 is 11.8 Å². The van der Waals surface area contributed by atoms with Gasteiger partial charge >= 0.3 is 5.97 Å². The lowest BCUT2D eigenvalue weighted by Gasteiger charge is -2.09. The van der Waals surface area contributed by atoms with Crippen LogP contribution in [0, 0.1) is 13.8 Å². The number of rotatable bonds is 5. The van der Waals surface area contributed by atoms with Crippen molar-refractivity contribution in [3.05, 3.63) is 46.9 Å². The van der Waals surface area contributed by atoms with Gasteiger partial charge in [0.25, 0.3) is 0 Å². The van der Waals surface area contributed by atoms with Gasteiger partial charge in [0, 0.05) is 5.75 Å². The van der Waals surface area contributed by atoms with Crippen molar-refractivity contribution in [2.45, 2.75) is 24.6 Å². The normalized spacial score (nSPS) is 10.4. The zero-order chi connectivity index (χ0) is 15.4. The predicted molar refractivity (Wildman–Crippen MR) is 81.0 cm³/mol. The number of nitrogens with zero attached hydrogens (tertiary/aromatic N) is 2. The molecule has 2 aromatic rings. The highest BCUT2D eigenvalue weighted by atomic mass is 32.2. The predicted octanol–water partition coefficient (Wildman–Crippen LogP) is 3.09. The van der Waals surface area contributed by atoms with Gasteiger partial charge in [-0.25, -0.2) is 14.8 Å². The van der Waals surface area contributed by atoms with Crippen LogP contribution in [0.5, 0.6) is 5.75 Å². The van der Waals surface area contributed by atoms with Gasteiger partial charge in [-0.3, -0.25) is 0 Å². The summed E-state index contributed by atoms with van der Waals surface area (Å²) < 4.78 is 5.18. The fraction of sp³-hybridized carbons (Fsp3) is 0.267. The Morgan fingerprint density at radius 2 is 2.10 bits per heavy atom. The van der Waals surface area contributed by atoms with E-state index in [1.165, 1.54) is 11.8 Å². The maximum Gasteiger partial charge on any atom is 0.340 e. The molecule has 6 heteroatoms. The van der Waals surface area contributed by atoms with Crippen LogP contribution in [0.3, 0.4) is 0 Å². The Kier molecular flexibility index (Phi) is 4.80. The van der Waals surface area contributed by atoms with Gasteiger partial charge in [0.15, 0.2) is 0 Å². The molecule has 0 fully saturated rings. The summed E-state index contributed by atoms with van der Waals surface area (Å²) in [6.07, 6.45) is 0. The second-order valence-corrected chi connectivity index (χ2v) is 5.45. The van der Waals surface area contributed by atoms with E-state index in [0.29, 0.717) is 22.3 Å². The highest BCUT2D eigenvalue weighted by Gasteiger charge is 2.17. The average molecular weight is 304 g/mol. The van der Waals surface area contributed by atoms with Gasteiger partial charge < -0.3 is 9.84 Å². The number of ether oxygens (including phenoxy) is 1. The van der Waals surface area contributed by atoms with E-state index in [1.807, 2.05) is 24.3 Å². The summed E-state index contributed by atoms with van der Waals surface area (Å²) in [5.74, 6) is 0.973. The molecule has 0 aliphatic rings. The minimum Gasteiger partial charge on any atom is -0.497 e. The molecule has 0 unspecified atom stereocenters. The van der Waals surface area contributed by atoms with E-state index in [9.17, 15) is 9.90 Å². The van der Waals surface area contributed by atoms with Gasteiger partial charge in [-0.15, -0.1) is 11.8 Å². The molecule has 0 saturated heterocycles. The van der Waals surface area contributed by atoms with E-state index in [0.717, 1.165) is 11.3 Å². The van der Waals surface area contributed by atoms with Gasteiger partial charge in [-0.05, 0) is 31.5 Å². The molecule has 0 bridgehead atoms. The zero-order valence-corrected chi connectivity index (χ0v) is 12.9. The van der Waals surface area contributed by atoms with E-state index in [1.54, 1.807) is 21.0 Å². The second-order valence-electron chi connectivity index (χ2n) is 4.48. The van der Waals surface area contributed by atoms with Gasteiger partial charge in [0.1, 0.15) is 22.2 Å². The van der Waals surface area contributed by atoms with Crippen LogP contribution in [0.25, 0.3) is 0 Å². The first-order valence-corrected chi connectivity index (χ1v) is 7.34. The van der Waals surface area contributed by atoms with Crippen LogP contribution in [0.15, 0.2) is 29.3 Å². The Labute approximate surface area is 127 Å². The quantitative estimate of drug-likeness (QED) is 0.676. The van der Waals surface area contributed by atoms with Gasteiger partial charge in [0.2, 0.25) is 0 Å². The first kappa shape index (κ1) is 15.3. The standard InChI is InChI=1S/C15H16N2O3S/c1-9-13(15(18)19)14(17-10(2)16-9)21-8-11-5-4-6-12(7-11)20-3/h4-7H,8H2,1-3H3,(H,18,19). The molecule has 0 aliphatic carbocycles. The molecule has 0 saturated carbocycles. The van der Waals surface area contributed by atoms with Crippen molar-refractivity contribution in [1.82, 2.24) is 9.97 Å². The number of hydrogen-bond donors (Lipinski definition) is 1. The highest BCUT2D eigenvalue weighted by Crippen LogP contribution is 2.27. The van der Waals surface area contributed by atoms with Crippen molar-refractivity contribution in [2.24, 2.45) is 0 Å². The number of benzene rings is 1. The van der Waals surface area contributed by atoms with Crippen molar-refractivity contribution in [3.8, 4) is 5.75 Å². The van der Waals surface area contributed by atoms with Crippen LogP contribution in [0.2, 0.25) is 0 Å². The number of hydrogen-bond acceptors (Lipinski definition) is 5. The summed E-state index contributed by atoms with van der Waals surface area (Å²) in [5, 5.41) is 9.80. The minimum absolute atomic E-state index is 0.175. The molecule has 1 aromatic heterocycles. The number of methoxy groups -OCH3 is 1. The Morgan fingerprint density at radius 3 is 2.76 bits per heavy atom. The fourth-order valence-electron chi connectivity index (χ4n) is 1.95. The summed E-state index contributed by atoms with van der Waals surface area (Å²) in [6.45, 7) is 3.45. The molecule has 1 aromatic carbocycles. The molecule has 21 heavy (non-hydrogen) atoms. The van der Waals surface area contributed by atoms with E-state index in [2.05, 4.69) is 9.97 Å². The van der Waals surface area contributed by atoms with Gasteiger partial charge in [-0.2, -0.15) is 0 Å². The molecule has 0 radical (unpaired) electrons. The molecule has 0 atom stereocenters. The Hall–Kier alpha value is -2.08. The molecule has 1 heterocycles. The molecule has 0 aliphatic heterocycles. The molecule has 5 nitrogen and oxygen atoms in total. The van der Waals surface area contributed by atoms with Crippen molar-refractivity contribution < 1.29 is 14.6 Å². The summed E-state index contributed by atoms with van der Waals surface area (Å²) in [6, 6.07) is 7.67. The number of carboxylic acid groups (broad SMARTS) is 1. The zero-order valence-electron chi connectivity index (χ0n) is 12.1. The van der Waals surface area contributed by atoms with Crippen LogP contribution in [0.4, 0.5) is 0 Å². The number of carboxylic acids is 1. The number of aromatic nitrogens is 2. The van der Waals surface area contributed by atoms with E-state index in [4.69, 9.17) is 4.74 Å². The lowest BCUT2D eigenvalue weighted by molar-refractivity contribution is 0.0690. The maximum atomic E-state index is 11.4. The van der Waals surface area contributed by atoms with Crippen molar-refractivity contribution in [1.29, 1.82) is 0 Å². The largest absolute Gasteiger partial charge is 0.497 e. The molecular weight excluding hydrogens is 288 g/mol. The molecule has 1 N–H and O–H groups in total. The highest BCUT2D eigenvalue weighted by molar-refractivity contribution is 7.98. The van der Waals surface area contributed by atoms with Crippen LogP contribution in [0.1, 0.15) is 27.4 Å². The van der Waals surface area contributed by atoms with E-state index in [-0.39, 0.29) is 5.56 Å². The van der Waals surface area contributed by atoms with Crippen molar-refractivity contribution >= 4 is 17.7 Å². The number of aryl methyl sites for hydroxylation is 2. The second kappa shape index (κ2) is 6.58. The molecular formula is C15H16N2O3S. The minimum atomic E-state index is -0.999. The summed E-state index contributed by atoms with van der Waals surface area (Å²) >= 11 is 1.39. The number of thioether (sulfide) groups is 1. The molecule has 110 valence electrons. The summed E-state index contributed by atoms with van der Waals surface area (Å²) in [5.41, 5.74) is 1.71. The Morgan fingerprint density at radius 1 is 1.33 bits per heavy atom. The monoisotopic (exact) mass is 304 g/mol. The molecule has 0 amide bonds. The molecule has 0 spiro atoms. The van der Waals surface area contributed by atoms with Crippen LogP contribution < -0.4 is 4.74 Å². The van der Waals surface area contributed by atoms with Crippen molar-refractivity contribution in [3.63, 3.8) is 0 Å². The third-order valence-electron chi connectivity index (χ3n) is 2.89. The first-order valence-electron chi connectivity index (χ1n) is 6.35. The van der Waals surface area contributed by atoms with Crippen molar-refractivity contribution in [2.75, 3.05) is 7.11 Å². The summed E-state index contributed by atoms with van der Waals surface area (Å²) in [7, 11) is 1.62. The fourth-order valence-corrected chi connectivity index (χ4v) is 3.00. The maximum absolute atomic E-state index is 11.4. The third-order valence-corrected chi connectivity index (χ3v) is 3.94. The lowest BCUT2D eigenvalue weighted by atomic mass is 10.2. The third kappa shape index (κ3) is 3.72. The number of carbonyl (C=O) groups is 1. The van der Waals surface area contributed by atoms with E-state index < -0.39 is 5.97 Å². The van der Waals surface area contributed by atoms with Crippen LogP contribution in [-0.4, -0.2) is 28.2 Å². The Balaban J connectivity index is 2.25.